The molecule has 21 heavy (non-hydrogen) atoms. The van der Waals surface area contributed by atoms with Crippen LogP contribution < -0.4 is 5.32 Å². The van der Waals surface area contributed by atoms with Crippen LogP contribution in [0.4, 0.5) is 0 Å². The van der Waals surface area contributed by atoms with Crippen molar-refractivity contribution in [1.82, 2.24) is 10.2 Å². The number of aromatic hydroxyl groups is 2. The van der Waals surface area contributed by atoms with Crippen LogP contribution in [-0.2, 0) is 0 Å². The SMILES string of the molecule is CC1CCN(CCCNC(C)c2cc(O)cc(O)c2)CC1. The van der Waals surface area contributed by atoms with E-state index in [1.54, 1.807) is 12.1 Å². The zero-order valence-corrected chi connectivity index (χ0v) is 13.2. The van der Waals surface area contributed by atoms with Gasteiger partial charge < -0.3 is 20.4 Å². The normalized spacial score (nSPS) is 18.8. The maximum atomic E-state index is 9.51. The zero-order valence-electron chi connectivity index (χ0n) is 13.2. The monoisotopic (exact) mass is 292 g/mol. The highest BCUT2D eigenvalue weighted by Gasteiger charge is 2.15. The molecule has 0 spiro atoms. The molecule has 1 aliphatic rings. The number of phenols is 2. The summed E-state index contributed by atoms with van der Waals surface area (Å²) in [6.07, 6.45) is 3.78. The average molecular weight is 292 g/mol. The second-order valence-electron chi connectivity index (χ2n) is 6.34. The third-order valence-corrected chi connectivity index (χ3v) is 4.40. The molecule has 0 bridgehead atoms. The lowest BCUT2D eigenvalue weighted by Crippen LogP contribution is -2.35. The second kappa shape index (κ2) is 7.66. The first-order valence-corrected chi connectivity index (χ1v) is 8.03. The van der Waals surface area contributed by atoms with Gasteiger partial charge in [0.05, 0.1) is 0 Å². The summed E-state index contributed by atoms with van der Waals surface area (Å²) in [7, 11) is 0. The molecule has 1 fully saturated rings. The van der Waals surface area contributed by atoms with Gasteiger partial charge in [0.15, 0.2) is 0 Å². The van der Waals surface area contributed by atoms with Crippen molar-refractivity contribution >= 4 is 0 Å². The van der Waals surface area contributed by atoms with Crippen LogP contribution in [0.1, 0.15) is 44.7 Å². The topological polar surface area (TPSA) is 55.7 Å². The van der Waals surface area contributed by atoms with E-state index in [0.29, 0.717) is 0 Å². The molecule has 118 valence electrons. The highest BCUT2D eigenvalue weighted by Crippen LogP contribution is 2.24. The van der Waals surface area contributed by atoms with Gasteiger partial charge in [0.1, 0.15) is 11.5 Å². The number of hydrogen-bond donors (Lipinski definition) is 3. The number of nitrogens with one attached hydrogen (secondary N) is 1. The molecule has 3 N–H and O–H groups in total. The van der Waals surface area contributed by atoms with E-state index in [0.717, 1.165) is 31.0 Å². The number of rotatable bonds is 6. The maximum absolute atomic E-state index is 9.51. The summed E-state index contributed by atoms with van der Waals surface area (Å²) in [4.78, 5) is 2.55. The lowest BCUT2D eigenvalue weighted by atomic mass is 9.99. The summed E-state index contributed by atoms with van der Waals surface area (Å²) < 4.78 is 0. The number of benzene rings is 1. The Labute approximate surface area is 127 Å². The van der Waals surface area contributed by atoms with Crippen molar-refractivity contribution in [3.8, 4) is 11.5 Å². The number of phenolic OH excluding ortho intramolecular Hbond substituents is 2. The Balaban J connectivity index is 1.68. The van der Waals surface area contributed by atoms with Gasteiger partial charge in [-0.25, -0.2) is 0 Å². The average Bonchev–Trinajstić information content (AvgIpc) is 2.44. The van der Waals surface area contributed by atoms with E-state index in [1.807, 2.05) is 0 Å². The molecule has 4 heteroatoms. The summed E-state index contributed by atoms with van der Waals surface area (Å²) in [5, 5.41) is 22.5. The Hall–Kier alpha value is -1.26. The first kappa shape index (κ1) is 16.1. The Kier molecular flexibility index (Phi) is 5.88. The summed E-state index contributed by atoms with van der Waals surface area (Å²) in [5.74, 6) is 1.11. The van der Waals surface area contributed by atoms with Crippen molar-refractivity contribution in [3.05, 3.63) is 23.8 Å². The molecule has 4 nitrogen and oxygen atoms in total. The van der Waals surface area contributed by atoms with E-state index in [9.17, 15) is 10.2 Å². The highest BCUT2D eigenvalue weighted by atomic mass is 16.3. The third kappa shape index (κ3) is 5.21. The Morgan fingerprint density at radius 2 is 1.81 bits per heavy atom. The molecule has 1 atom stereocenters. The number of likely N-dealkylation sites (tertiary alicyclic amines) is 1. The molecular weight excluding hydrogens is 264 g/mol. The second-order valence-corrected chi connectivity index (χ2v) is 6.34. The predicted octanol–water partition coefficient (Wildman–Crippen LogP) is 2.87. The Morgan fingerprint density at radius 3 is 2.43 bits per heavy atom. The minimum Gasteiger partial charge on any atom is -0.508 e. The van der Waals surface area contributed by atoms with Crippen LogP contribution in [-0.4, -0.2) is 41.3 Å². The molecule has 2 rings (SSSR count). The molecule has 0 aliphatic carbocycles. The first-order chi connectivity index (χ1) is 10.0. The van der Waals surface area contributed by atoms with Crippen molar-refractivity contribution in [3.63, 3.8) is 0 Å². The molecule has 1 unspecified atom stereocenters. The summed E-state index contributed by atoms with van der Waals surface area (Å²) in [6.45, 7) is 8.96. The van der Waals surface area contributed by atoms with E-state index in [2.05, 4.69) is 24.1 Å². The van der Waals surface area contributed by atoms with Gasteiger partial charge in [-0.1, -0.05) is 6.92 Å². The fourth-order valence-electron chi connectivity index (χ4n) is 2.89. The van der Waals surface area contributed by atoms with Crippen LogP contribution in [0.2, 0.25) is 0 Å². The van der Waals surface area contributed by atoms with Crippen LogP contribution in [0.3, 0.4) is 0 Å². The van der Waals surface area contributed by atoms with Crippen molar-refractivity contribution < 1.29 is 10.2 Å². The molecular formula is C17H28N2O2. The molecule has 1 heterocycles. The third-order valence-electron chi connectivity index (χ3n) is 4.40. The van der Waals surface area contributed by atoms with E-state index in [1.165, 1.54) is 32.0 Å². The van der Waals surface area contributed by atoms with Gasteiger partial charge in [0, 0.05) is 12.1 Å². The molecule has 1 saturated heterocycles. The minimum absolute atomic E-state index is 0.112. The van der Waals surface area contributed by atoms with Crippen LogP contribution in [0.5, 0.6) is 11.5 Å². The van der Waals surface area contributed by atoms with E-state index in [4.69, 9.17) is 0 Å². The van der Waals surface area contributed by atoms with E-state index >= 15 is 0 Å². The van der Waals surface area contributed by atoms with E-state index < -0.39 is 0 Å². The van der Waals surface area contributed by atoms with Gasteiger partial charge in [0.2, 0.25) is 0 Å². The smallest absolute Gasteiger partial charge is 0.119 e. The van der Waals surface area contributed by atoms with Gasteiger partial charge >= 0.3 is 0 Å². The Bertz CT molecular complexity index is 422. The standard InChI is InChI=1S/C17H28N2O2/c1-13-4-8-19(9-5-13)7-3-6-18-14(2)15-10-16(20)12-17(21)11-15/h10-14,18,20-21H,3-9H2,1-2H3. The molecule has 0 radical (unpaired) electrons. The van der Waals surface area contributed by atoms with E-state index in [-0.39, 0.29) is 17.5 Å². The fourth-order valence-corrected chi connectivity index (χ4v) is 2.89. The fraction of sp³-hybridized carbons (Fsp3) is 0.647. The van der Waals surface area contributed by atoms with Crippen molar-refractivity contribution in [2.45, 2.75) is 39.2 Å². The van der Waals surface area contributed by atoms with Crippen molar-refractivity contribution in [2.24, 2.45) is 5.92 Å². The van der Waals surface area contributed by atoms with Gasteiger partial charge in [-0.2, -0.15) is 0 Å². The van der Waals surface area contributed by atoms with Gasteiger partial charge in [-0.3, -0.25) is 0 Å². The van der Waals surface area contributed by atoms with Gasteiger partial charge in [-0.05, 0) is 76.0 Å². The molecule has 0 saturated carbocycles. The molecule has 0 aromatic heterocycles. The Morgan fingerprint density at radius 1 is 1.19 bits per heavy atom. The van der Waals surface area contributed by atoms with Crippen LogP contribution in [0.15, 0.2) is 18.2 Å². The molecule has 0 amide bonds. The summed E-state index contributed by atoms with van der Waals surface area (Å²) in [5.41, 5.74) is 0.916. The van der Waals surface area contributed by atoms with Crippen LogP contribution in [0, 0.1) is 5.92 Å². The summed E-state index contributed by atoms with van der Waals surface area (Å²) >= 11 is 0. The highest BCUT2D eigenvalue weighted by molar-refractivity contribution is 5.37. The molecule has 1 aromatic rings. The first-order valence-electron chi connectivity index (χ1n) is 8.03. The quantitative estimate of drug-likeness (QED) is 0.706. The van der Waals surface area contributed by atoms with Gasteiger partial charge in [-0.15, -0.1) is 0 Å². The van der Waals surface area contributed by atoms with Crippen molar-refractivity contribution in [1.29, 1.82) is 0 Å². The summed E-state index contributed by atoms with van der Waals surface area (Å²) in [6, 6.07) is 4.88. The lowest BCUT2D eigenvalue weighted by molar-refractivity contribution is 0.190. The van der Waals surface area contributed by atoms with Crippen LogP contribution in [0.25, 0.3) is 0 Å². The predicted molar refractivity (Wildman–Crippen MR) is 85.6 cm³/mol. The zero-order chi connectivity index (χ0) is 15.2. The van der Waals surface area contributed by atoms with Gasteiger partial charge in [0.25, 0.3) is 0 Å². The number of nitrogens with zero attached hydrogens (tertiary/aromatic N) is 1. The molecule has 1 aliphatic heterocycles. The lowest BCUT2D eigenvalue weighted by Gasteiger charge is -2.30. The largest absolute Gasteiger partial charge is 0.508 e. The van der Waals surface area contributed by atoms with Crippen molar-refractivity contribution in [2.75, 3.05) is 26.2 Å². The number of hydrogen-bond acceptors (Lipinski definition) is 4. The minimum atomic E-state index is 0.112. The number of piperidine rings is 1. The molecule has 1 aromatic carbocycles. The maximum Gasteiger partial charge on any atom is 0.119 e. The van der Waals surface area contributed by atoms with Crippen LogP contribution >= 0.6 is 0 Å².